The number of nitriles is 1. The average Bonchev–Trinajstić information content (AvgIpc) is 2.96. The molecule has 3 aromatic rings. The van der Waals surface area contributed by atoms with E-state index in [0.717, 1.165) is 27.9 Å². The van der Waals surface area contributed by atoms with Gasteiger partial charge in [0.2, 0.25) is 0 Å². The van der Waals surface area contributed by atoms with Gasteiger partial charge in [0.15, 0.2) is 0 Å². The summed E-state index contributed by atoms with van der Waals surface area (Å²) in [4.78, 5) is 7.81. The fourth-order valence-corrected chi connectivity index (χ4v) is 2.43. The summed E-state index contributed by atoms with van der Waals surface area (Å²) in [5, 5.41) is 10.0. The zero-order chi connectivity index (χ0) is 14.8. The van der Waals surface area contributed by atoms with Crippen molar-refractivity contribution in [2.45, 2.75) is 13.0 Å². The van der Waals surface area contributed by atoms with Crippen LogP contribution in [-0.4, -0.2) is 17.1 Å². The minimum atomic E-state index is -0.0812. The highest BCUT2D eigenvalue weighted by molar-refractivity contribution is 5.87. The van der Waals surface area contributed by atoms with Gasteiger partial charge < -0.3 is 9.72 Å². The Kier molecular flexibility index (Phi) is 3.43. The van der Waals surface area contributed by atoms with Gasteiger partial charge in [-0.15, -0.1) is 0 Å². The first kappa shape index (κ1) is 13.3. The van der Waals surface area contributed by atoms with Crippen LogP contribution in [0.3, 0.4) is 0 Å². The summed E-state index contributed by atoms with van der Waals surface area (Å²) < 4.78 is 5.39. The molecule has 1 atom stereocenters. The summed E-state index contributed by atoms with van der Waals surface area (Å²) in [5.74, 6) is 0. The van der Waals surface area contributed by atoms with Crippen LogP contribution in [-0.2, 0) is 4.74 Å². The molecular formula is C17H15N3O. The third kappa shape index (κ3) is 2.39. The zero-order valence-electron chi connectivity index (χ0n) is 11.9. The van der Waals surface area contributed by atoms with Gasteiger partial charge in [-0.3, -0.25) is 4.98 Å². The molecule has 4 nitrogen and oxygen atoms in total. The summed E-state index contributed by atoms with van der Waals surface area (Å²) in [6.07, 6.45) is 1.69. The molecule has 4 heteroatoms. The predicted molar refractivity (Wildman–Crippen MR) is 81.7 cm³/mol. The second kappa shape index (κ2) is 5.39. The molecule has 0 aliphatic carbocycles. The van der Waals surface area contributed by atoms with Crippen molar-refractivity contribution in [2.75, 3.05) is 7.11 Å². The van der Waals surface area contributed by atoms with Crippen LogP contribution in [0.2, 0.25) is 0 Å². The molecule has 0 unspecified atom stereocenters. The van der Waals surface area contributed by atoms with Crippen LogP contribution in [0.1, 0.15) is 24.3 Å². The molecule has 0 saturated heterocycles. The Balaban J connectivity index is 2.15. The van der Waals surface area contributed by atoms with Crippen LogP contribution in [0.25, 0.3) is 22.2 Å². The van der Waals surface area contributed by atoms with Crippen molar-refractivity contribution in [3.63, 3.8) is 0 Å². The summed E-state index contributed by atoms with van der Waals surface area (Å²) >= 11 is 0. The van der Waals surface area contributed by atoms with Crippen molar-refractivity contribution in [1.29, 1.82) is 5.26 Å². The number of methoxy groups -OCH3 is 1. The van der Waals surface area contributed by atoms with Crippen LogP contribution in [0.15, 0.2) is 42.6 Å². The third-order valence-corrected chi connectivity index (χ3v) is 3.62. The normalized spacial score (nSPS) is 12.2. The molecule has 1 N–H and O–H groups in total. The monoisotopic (exact) mass is 277 g/mol. The van der Waals surface area contributed by atoms with Crippen LogP contribution >= 0.6 is 0 Å². The van der Waals surface area contributed by atoms with E-state index in [0.29, 0.717) is 5.56 Å². The van der Waals surface area contributed by atoms with E-state index in [1.807, 2.05) is 43.3 Å². The SMILES string of the molecule is CO[C@@H](C)c1ncccc1-c1cc2cc(C#N)ccc2[nH]1. The minimum absolute atomic E-state index is 0.0812. The van der Waals surface area contributed by atoms with Crippen molar-refractivity contribution in [3.05, 3.63) is 53.9 Å². The second-order valence-electron chi connectivity index (χ2n) is 4.91. The van der Waals surface area contributed by atoms with Gasteiger partial charge in [-0.2, -0.15) is 5.26 Å². The van der Waals surface area contributed by atoms with Crippen LogP contribution in [0.5, 0.6) is 0 Å². The number of nitrogens with one attached hydrogen (secondary N) is 1. The van der Waals surface area contributed by atoms with E-state index in [-0.39, 0.29) is 6.10 Å². The maximum atomic E-state index is 8.98. The lowest BCUT2D eigenvalue weighted by Crippen LogP contribution is -2.01. The Morgan fingerprint density at radius 1 is 1.29 bits per heavy atom. The quantitative estimate of drug-likeness (QED) is 0.791. The summed E-state index contributed by atoms with van der Waals surface area (Å²) in [7, 11) is 1.67. The van der Waals surface area contributed by atoms with Gasteiger partial charge in [-0.05, 0) is 43.3 Å². The number of aromatic nitrogens is 2. The minimum Gasteiger partial charge on any atom is -0.375 e. The number of ether oxygens (including phenoxy) is 1. The van der Waals surface area contributed by atoms with E-state index in [4.69, 9.17) is 10.00 Å². The van der Waals surface area contributed by atoms with Crippen LogP contribution < -0.4 is 0 Å². The van der Waals surface area contributed by atoms with Gasteiger partial charge in [0.05, 0.1) is 23.4 Å². The summed E-state index contributed by atoms with van der Waals surface area (Å²) in [6.45, 7) is 1.97. The molecule has 0 spiro atoms. The first-order chi connectivity index (χ1) is 10.2. The first-order valence-corrected chi connectivity index (χ1v) is 6.74. The Morgan fingerprint density at radius 3 is 2.90 bits per heavy atom. The molecule has 0 fully saturated rings. The van der Waals surface area contributed by atoms with Crippen LogP contribution in [0.4, 0.5) is 0 Å². The molecule has 0 amide bonds. The molecular weight excluding hydrogens is 262 g/mol. The maximum Gasteiger partial charge on any atom is 0.0991 e. The van der Waals surface area contributed by atoms with Gasteiger partial charge in [0.25, 0.3) is 0 Å². The van der Waals surface area contributed by atoms with Gasteiger partial charge in [0, 0.05) is 35.5 Å². The van der Waals surface area contributed by atoms with E-state index in [1.165, 1.54) is 0 Å². The highest BCUT2D eigenvalue weighted by Crippen LogP contribution is 2.30. The smallest absolute Gasteiger partial charge is 0.0991 e. The number of hydrogen-bond donors (Lipinski definition) is 1. The van der Waals surface area contributed by atoms with E-state index in [1.54, 1.807) is 13.3 Å². The fourth-order valence-electron chi connectivity index (χ4n) is 2.43. The Hall–Kier alpha value is -2.64. The molecule has 1 aromatic carbocycles. The third-order valence-electron chi connectivity index (χ3n) is 3.62. The second-order valence-corrected chi connectivity index (χ2v) is 4.91. The number of hydrogen-bond acceptors (Lipinski definition) is 3. The van der Waals surface area contributed by atoms with Gasteiger partial charge >= 0.3 is 0 Å². The maximum absolute atomic E-state index is 8.98. The van der Waals surface area contributed by atoms with Gasteiger partial charge in [-0.1, -0.05) is 0 Å². The van der Waals surface area contributed by atoms with Crippen molar-refractivity contribution < 1.29 is 4.74 Å². The molecule has 0 bridgehead atoms. The molecule has 3 rings (SSSR count). The van der Waals surface area contributed by atoms with E-state index in [2.05, 4.69) is 16.0 Å². The van der Waals surface area contributed by atoms with Crippen molar-refractivity contribution in [3.8, 4) is 17.3 Å². The Bertz CT molecular complexity index is 829. The number of nitrogens with zero attached hydrogens (tertiary/aromatic N) is 2. The Morgan fingerprint density at radius 2 is 2.14 bits per heavy atom. The first-order valence-electron chi connectivity index (χ1n) is 6.74. The molecule has 2 heterocycles. The van der Waals surface area contributed by atoms with Crippen molar-refractivity contribution >= 4 is 10.9 Å². The molecule has 0 aliphatic rings. The number of fused-ring (bicyclic) bond motifs is 1. The number of H-pyrrole nitrogens is 1. The van der Waals surface area contributed by atoms with Crippen LogP contribution in [0, 0.1) is 11.3 Å². The number of benzene rings is 1. The average molecular weight is 277 g/mol. The fraction of sp³-hybridized carbons (Fsp3) is 0.176. The van der Waals surface area contributed by atoms with Gasteiger partial charge in [-0.25, -0.2) is 0 Å². The Labute approximate surface area is 123 Å². The standard InChI is InChI=1S/C17H15N3O/c1-11(21-2)17-14(4-3-7-19-17)16-9-13-8-12(10-18)5-6-15(13)20-16/h3-9,11,20H,1-2H3/t11-/m0/s1. The molecule has 0 aliphatic heterocycles. The van der Waals surface area contributed by atoms with Crippen molar-refractivity contribution in [2.24, 2.45) is 0 Å². The molecule has 21 heavy (non-hydrogen) atoms. The lowest BCUT2D eigenvalue weighted by Gasteiger charge is -2.12. The van der Waals surface area contributed by atoms with E-state index in [9.17, 15) is 0 Å². The molecule has 2 aromatic heterocycles. The summed E-state index contributed by atoms with van der Waals surface area (Å²) in [6, 6.07) is 13.7. The van der Waals surface area contributed by atoms with E-state index < -0.39 is 0 Å². The largest absolute Gasteiger partial charge is 0.375 e. The number of pyridine rings is 1. The molecule has 104 valence electrons. The molecule has 0 radical (unpaired) electrons. The topological polar surface area (TPSA) is 61.7 Å². The lowest BCUT2D eigenvalue weighted by molar-refractivity contribution is 0.116. The summed E-state index contributed by atoms with van der Waals surface area (Å²) in [5.41, 5.74) is 4.55. The zero-order valence-corrected chi connectivity index (χ0v) is 11.9. The highest BCUT2D eigenvalue weighted by Gasteiger charge is 2.14. The van der Waals surface area contributed by atoms with Gasteiger partial charge in [0.1, 0.15) is 0 Å². The number of rotatable bonds is 3. The number of aromatic amines is 1. The molecule has 0 saturated carbocycles. The predicted octanol–water partition coefficient (Wildman–Crippen LogP) is 3.81. The lowest BCUT2D eigenvalue weighted by atomic mass is 10.1. The van der Waals surface area contributed by atoms with Crippen molar-refractivity contribution in [1.82, 2.24) is 9.97 Å². The van der Waals surface area contributed by atoms with E-state index >= 15 is 0 Å². The highest BCUT2D eigenvalue weighted by atomic mass is 16.5.